The van der Waals surface area contributed by atoms with Gasteiger partial charge in [0.15, 0.2) is 0 Å². The van der Waals surface area contributed by atoms with E-state index in [1.54, 1.807) is 6.07 Å². The molecule has 3 nitrogen and oxygen atoms in total. The normalized spacial score (nSPS) is 20.1. The van der Waals surface area contributed by atoms with E-state index >= 15 is 0 Å². The minimum Gasteiger partial charge on any atom is -0.396 e. The number of nitriles is 1. The zero-order valence-corrected chi connectivity index (χ0v) is 10.3. The van der Waals surface area contributed by atoms with E-state index in [4.69, 9.17) is 16.9 Å². The Morgan fingerprint density at radius 1 is 1.53 bits per heavy atom. The predicted molar refractivity (Wildman–Crippen MR) is 68.2 cm³/mol. The van der Waals surface area contributed by atoms with Crippen LogP contribution in [0.25, 0.3) is 0 Å². The average Bonchev–Trinajstić information content (AvgIpc) is 2.38. The Hall–Kier alpha value is -1.24. The average molecular weight is 251 g/mol. The molecule has 0 amide bonds. The lowest BCUT2D eigenvalue weighted by molar-refractivity contribution is 0.209. The Morgan fingerprint density at radius 3 is 3.00 bits per heavy atom. The van der Waals surface area contributed by atoms with E-state index in [0.717, 1.165) is 31.6 Å². The molecule has 1 aromatic rings. The third-order valence-electron chi connectivity index (χ3n) is 3.22. The summed E-state index contributed by atoms with van der Waals surface area (Å²) in [5.41, 5.74) is 1.54. The summed E-state index contributed by atoms with van der Waals surface area (Å²) in [5, 5.41) is 18.5. The number of aliphatic hydroxyl groups is 1. The van der Waals surface area contributed by atoms with Gasteiger partial charge >= 0.3 is 0 Å². The molecule has 90 valence electrons. The van der Waals surface area contributed by atoms with E-state index in [0.29, 0.717) is 16.5 Å². The molecule has 0 unspecified atom stereocenters. The van der Waals surface area contributed by atoms with Crippen LogP contribution in [0.5, 0.6) is 0 Å². The van der Waals surface area contributed by atoms with Crippen molar-refractivity contribution in [1.29, 1.82) is 5.26 Å². The van der Waals surface area contributed by atoms with Crippen LogP contribution in [0.3, 0.4) is 0 Å². The third-order valence-corrected chi connectivity index (χ3v) is 3.53. The van der Waals surface area contributed by atoms with Gasteiger partial charge in [-0.05, 0) is 37.0 Å². The summed E-state index contributed by atoms with van der Waals surface area (Å²) in [6, 6.07) is 7.56. The minimum atomic E-state index is 0.237. The van der Waals surface area contributed by atoms with Gasteiger partial charge in [-0.25, -0.2) is 0 Å². The number of halogens is 1. The van der Waals surface area contributed by atoms with Crippen molar-refractivity contribution < 1.29 is 5.11 Å². The second kappa shape index (κ2) is 5.39. The molecule has 0 radical (unpaired) electrons. The largest absolute Gasteiger partial charge is 0.396 e. The number of nitrogens with zero attached hydrogens (tertiary/aromatic N) is 2. The van der Waals surface area contributed by atoms with Crippen LogP contribution in [0.1, 0.15) is 18.4 Å². The van der Waals surface area contributed by atoms with Crippen LogP contribution in [0.4, 0.5) is 5.69 Å². The van der Waals surface area contributed by atoms with Crippen LogP contribution < -0.4 is 4.90 Å². The van der Waals surface area contributed by atoms with Gasteiger partial charge in [-0.2, -0.15) is 5.26 Å². The number of hydrogen-bond donors (Lipinski definition) is 1. The molecule has 0 aromatic heterocycles. The SMILES string of the molecule is N#Cc1ccc(N2CCC[C@@H](CO)C2)cc1Cl. The number of anilines is 1. The number of hydrogen-bond acceptors (Lipinski definition) is 3. The van der Waals surface area contributed by atoms with Gasteiger partial charge in [0, 0.05) is 25.4 Å². The molecule has 1 atom stereocenters. The van der Waals surface area contributed by atoms with Crippen molar-refractivity contribution in [3.05, 3.63) is 28.8 Å². The number of benzene rings is 1. The summed E-state index contributed by atoms with van der Waals surface area (Å²) in [6.07, 6.45) is 2.17. The quantitative estimate of drug-likeness (QED) is 0.877. The first-order chi connectivity index (χ1) is 8.24. The summed E-state index contributed by atoms with van der Waals surface area (Å²) in [5.74, 6) is 0.346. The Balaban J connectivity index is 2.17. The maximum Gasteiger partial charge on any atom is 0.101 e. The van der Waals surface area contributed by atoms with E-state index in [1.165, 1.54) is 0 Å². The van der Waals surface area contributed by atoms with Crippen LogP contribution in [0, 0.1) is 17.2 Å². The standard InChI is InChI=1S/C13H15ClN2O/c14-13-6-12(4-3-11(13)7-15)16-5-1-2-10(8-16)9-17/h3-4,6,10,17H,1-2,5,8-9H2/t10-/m1/s1. The maximum absolute atomic E-state index is 9.20. The summed E-state index contributed by atoms with van der Waals surface area (Å²) >= 11 is 6.02. The van der Waals surface area contributed by atoms with E-state index in [2.05, 4.69) is 11.0 Å². The zero-order chi connectivity index (χ0) is 12.3. The van der Waals surface area contributed by atoms with Crippen molar-refractivity contribution in [2.75, 3.05) is 24.6 Å². The molecule has 1 N–H and O–H groups in total. The molecule has 0 bridgehead atoms. The second-order valence-electron chi connectivity index (χ2n) is 4.41. The molecular formula is C13H15ClN2O. The van der Waals surface area contributed by atoms with Crippen LogP contribution in [0.15, 0.2) is 18.2 Å². The monoisotopic (exact) mass is 250 g/mol. The van der Waals surface area contributed by atoms with Crippen molar-refractivity contribution in [2.24, 2.45) is 5.92 Å². The summed E-state index contributed by atoms with van der Waals surface area (Å²) in [7, 11) is 0. The van der Waals surface area contributed by atoms with Crippen molar-refractivity contribution >= 4 is 17.3 Å². The van der Waals surface area contributed by atoms with Crippen LogP contribution in [-0.2, 0) is 0 Å². The summed E-state index contributed by atoms with van der Waals surface area (Å²) in [4.78, 5) is 2.22. The number of piperidine rings is 1. The Labute approximate surface area is 106 Å². The Morgan fingerprint density at radius 2 is 2.35 bits per heavy atom. The van der Waals surface area contributed by atoms with Gasteiger partial charge in [0.1, 0.15) is 6.07 Å². The van der Waals surface area contributed by atoms with E-state index in [1.807, 2.05) is 12.1 Å². The van der Waals surface area contributed by atoms with Crippen molar-refractivity contribution in [2.45, 2.75) is 12.8 Å². The molecule has 0 spiro atoms. The van der Waals surface area contributed by atoms with Gasteiger partial charge in [0.25, 0.3) is 0 Å². The molecule has 1 aliphatic heterocycles. The highest BCUT2D eigenvalue weighted by Gasteiger charge is 2.19. The minimum absolute atomic E-state index is 0.237. The molecule has 1 aromatic carbocycles. The highest BCUT2D eigenvalue weighted by molar-refractivity contribution is 6.32. The molecular weight excluding hydrogens is 236 g/mol. The van der Waals surface area contributed by atoms with Crippen molar-refractivity contribution in [3.8, 4) is 6.07 Å². The molecule has 0 saturated carbocycles. The van der Waals surface area contributed by atoms with Crippen LogP contribution in [-0.4, -0.2) is 24.8 Å². The van der Waals surface area contributed by atoms with E-state index < -0.39 is 0 Å². The molecule has 1 saturated heterocycles. The predicted octanol–water partition coefficient (Wildman–Crippen LogP) is 2.42. The fourth-order valence-corrected chi connectivity index (χ4v) is 2.46. The lowest BCUT2D eigenvalue weighted by Crippen LogP contribution is -2.36. The highest BCUT2D eigenvalue weighted by Crippen LogP contribution is 2.27. The van der Waals surface area contributed by atoms with Gasteiger partial charge in [-0.3, -0.25) is 0 Å². The van der Waals surface area contributed by atoms with Gasteiger partial charge in [-0.15, -0.1) is 0 Å². The van der Waals surface area contributed by atoms with Crippen molar-refractivity contribution in [3.63, 3.8) is 0 Å². The fourth-order valence-electron chi connectivity index (χ4n) is 2.24. The topological polar surface area (TPSA) is 47.3 Å². The van der Waals surface area contributed by atoms with Gasteiger partial charge in [-0.1, -0.05) is 11.6 Å². The fraction of sp³-hybridized carbons (Fsp3) is 0.462. The Kier molecular flexibility index (Phi) is 3.88. The molecule has 0 aliphatic carbocycles. The number of rotatable bonds is 2. The first-order valence-electron chi connectivity index (χ1n) is 5.80. The zero-order valence-electron chi connectivity index (χ0n) is 9.56. The highest BCUT2D eigenvalue weighted by atomic mass is 35.5. The second-order valence-corrected chi connectivity index (χ2v) is 4.82. The van der Waals surface area contributed by atoms with Gasteiger partial charge in [0.2, 0.25) is 0 Å². The molecule has 1 heterocycles. The molecule has 1 aliphatic rings. The lowest BCUT2D eigenvalue weighted by atomic mass is 9.98. The maximum atomic E-state index is 9.20. The van der Waals surface area contributed by atoms with Crippen LogP contribution in [0.2, 0.25) is 5.02 Å². The van der Waals surface area contributed by atoms with E-state index in [9.17, 15) is 5.11 Å². The third kappa shape index (κ3) is 2.71. The molecule has 1 fully saturated rings. The van der Waals surface area contributed by atoms with E-state index in [-0.39, 0.29) is 6.61 Å². The van der Waals surface area contributed by atoms with Crippen LogP contribution >= 0.6 is 11.6 Å². The van der Waals surface area contributed by atoms with Gasteiger partial charge in [0.05, 0.1) is 10.6 Å². The number of aliphatic hydroxyl groups excluding tert-OH is 1. The Bertz CT molecular complexity index is 442. The molecule has 17 heavy (non-hydrogen) atoms. The van der Waals surface area contributed by atoms with Gasteiger partial charge < -0.3 is 10.0 Å². The lowest BCUT2D eigenvalue weighted by Gasteiger charge is -2.33. The summed E-state index contributed by atoms with van der Waals surface area (Å²) in [6.45, 7) is 2.08. The first kappa shape index (κ1) is 12.2. The van der Waals surface area contributed by atoms with Crippen molar-refractivity contribution in [1.82, 2.24) is 0 Å². The smallest absolute Gasteiger partial charge is 0.101 e. The summed E-state index contributed by atoms with van der Waals surface area (Å²) < 4.78 is 0. The first-order valence-corrected chi connectivity index (χ1v) is 6.18. The molecule has 2 rings (SSSR count). The molecule has 4 heteroatoms.